The molecule has 2 atom stereocenters. The Morgan fingerprint density at radius 2 is 2.33 bits per heavy atom. The maximum Gasteiger partial charge on any atom is 0.308 e. The summed E-state index contributed by atoms with van der Waals surface area (Å²) < 4.78 is 9.42. The zero-order valence-electron chi connectivity index (χ0n) is 5.59. The molecule has 1 heterocycles. The standard InChI is InChI=1S/C6H10O3/c1-4-5(9-4)3-6(7)8-2/h4-5H,3H2,1-2H3. The third-order valence-corrected chi connectivity index (χ3v) is 1.43. The summed E-state index contributed by atoms with van der Waals surface area (Å²) in [5, 5.41) is 0. The van der Waals surface area contributed by atoms with Gasteiger partial charge in [-0.3, -0.25) is 4.79 Å². The summed E-state index contributed by atoms with van der Waals surface area (Å²) in [7, 11) is 1.38. The predicted molar refractivity (Wildman–Crippen MR) is 31.0 cm³/mol. The van der Waals surface area contributed by atoms with Crippen molar-refractivity contribution in [2.75, 3.05) is 7.11 Å². The average molecular weight is 130 g/mol. The van der Waals surface area contributed by atoms with Gasteiger partial charge < -0.3 is 9.47 Å². The molecule has 9 heavy (non-hydrogen) atoms. The molecular formula is C6H10O3. The number of hydrogen-bond acceptors (Lipinski definition) is 3. The van der Waals surface area contributed by atoms with Crippen LogP contribution in [0.3, 0.4) is 0 Å². The third kappa shape index (κ3) is 1.68. The van der Waals surface area contributed by atoms with Gasteiger partial charge in [0.15, 0.2) is 0 Å². The zero-order chi connectivity index (χ0) is 6.85. The third-order valence-electron chi connectivity index (χ3n) is 1.43. The summed E-state index contributed by atoms with van der Waals surface area (Å²) in [5.41, 5.74) is 0. The van der Waals surface area contributed by atoms with Crippen molar-refractivity contribution in [1.82, 2.24) is 0 Å². The van der Waals surface area contributed by atoms with Crippen LogP contribution >= 0.6 is 0 Å². The van der Waals surface area contributed by atoms with Crippen molar-refractivity contribution in [2.24, 2.45) is 0 Å². The SMILES string of the molecule is COC(=O)CC1OC1C. The summed E-state index contributed by atoms with van der Waals surface area (Å²) >= 11 is 0. The van der Waals surface area contributed by atoms with Crippen LogP contribution in [0.5, 0.6) is 0 Å². The predicted octanol–water partition coefficient (Wildman–Crippen LogP) is 0.337. The largest absolute Gasteiger partial charge is 0.469 e. The van der Waals surface area contributed by atoms with Gasteiger partial charge in [0, 0.05) is 0 Å². The maximum atomic E-state index is 10.5. The highest BCUT2D eigenvalue weighted by Crippen LogP contribution is 2.24. The number of esters is 1. The number of epoxide rings is 1. The lowest BCUT2D eigenvalue weighted by molar-refractivity contribution is -0.140. The van der Waals surface area contributed by atoms with Crippen LogP contribution in [0.25, 0.3) is 0 Å². The fourth-order valence-electron chi connectivity index (χ4n) is 0.692. The summed E-state index contributed by atoms with van der Waals surface area (Å²) in [4.78, 5) is 10.5. The second kappa shape index (κ2) is 2.35. The van der Waals surface area contributed by atoms with E-state index in [0.29, 0.717) is 6.42 Å². The molecule has 0 amide bonds. The molecule has 1 saturated heterocycles. The van der Waals surface area contributed by atoms with Crippen molar-refractivity contribution in [3.8, 4) is 0 Å². The molecule has 0 aromatic heterocycles. The van der Waals surface area contributed by atoms with E-state index in [9.17, 15) is 4.79 Å². The van der Waals surface area contributed by atoms with Gasteiger partial charge in [0.1, 0.15) is 0 Å². The van der Waals surface area contributed by atoms with E-state index < -0.39 is 0 Å². The minimum atomic E-state index is -0.190. The van der Waals surface area contributed by atoms with Crippen LogP contribution in [0.2, 0.25) is 0 Å². The number of rotatable bonds is 2. The number of carbonyl (C=O) groups is 1. The lowest BCUT2D eigenvalue weighted by Crippen LogP contribution is -2.04. The molecular weight excluding hydrogens is 120 g/mol. The average Bonchev–Trinajstić information content (AvgIpc) is 2.47. The van der Waals surface area contributed by atoms with Crippen molar-refractivity contribution in [2.45, 2.75) is 25.6 Å². The monoisotopic (exact) mass is 130 g/mol. The fourth-order valence-corrected chi connectivity index (χ4v) is 0.692. The molecule has 0 aromatic carbocycles. The molecule has 0 spiro atoms. The van der Waals surface area contributed by atoms with Gasteiger partial charge in [-0.05, 0) is 6.92 Å². The lowest BCUT2D eigenvalue weighted by Gasteiger charge is -1.91. The normalized spacial score (nSPS) is 31.8. The van der Waals surface area contributed by atoms with Crippen molar-refractivity contribution >= 4 is 5.97 Å². The topological polar surface area (TPSA) is 38.8 Å². The van der Waals surface area contributed by atoms with E-state index in [4.69, 9.17) is 4.74 Å². The summed E-state index contributed by atoms with van der Waals surface area (Å²) in [5.74, 6) is -0.190. The fraction of sp³-hybridized carbons (Fsp3) is 0.833. The van der Waals surface area contributed by atoms with Gasteiger partial charge in [-0.25, -0.2) is 0 Å². The molecule has 1 aliphatic rings. The van der Waals surface area contributed by atoms with E-state index in [-0.39, 0.29) is 18.2 Å². The Labute approximate surface area is 53.9 Å². The van der Waals surface area contributed by atoms with Gasteiger partial charge in [0.05, 0.1) is 25.7 Å². The van der Waals surface area contributed by atoms with Crippen LogP contribution in [-0.4, -0.2) is 25.3 Å². The molecule has 0 radical (unpaired) electrons. The Morgan fingerprint density at radius 3 is 2.67 bits per heavy atom. The first kappa shape index (κ1) is 6.55. The van der Waals surface area contributed by atoms with Gasteiger partial charge in [-0.1, -0.05) is 0 Å². The van der Waals surface area contributed by atoms with Crippen LogP contribution < -0.4 is 0 Å². The summed E-state index contributed by atoms with van der Waals surface area (Å²) in [6, 6.07) is 0. The molecule has 0 saturated carbocycles. The first-order chi connectivity index (χ1) is 4.24. The highest BCUT2D eigenvalue weighted by atomic mass is 16.6. The number of methoxy groups -OCH3 is 1. The second-order valence-corrected chi connectivity index (χ2v) is 2.16. The Hall–Kier alpha value is -0.570. The number of carbonyl (C=O) groups excluding carboxylic acids is 1. The van der Waals surface area contributed by atoms with Crippen molar-refractivity contribution in [3.05, 3.63) is 0 Å². The molecule has 0 bridgehead atoms. The Balaban J connectivity index is 2.12. The molecule has 3 heteroatoms. The highest BCUT2D eigenvalue weighted by molar-refractivity contribution is 5.70. The summed E-state index contributed by atoms with van der Waals surface area (Å²) in [6.45, 7) is 1.94. The van der Waals surface area contributed by atoms with Gasteiger partial charge in [-0.15, -0.1) is 0 Å². The first-order valence-electron chi connectivity index (χ1n) is 2.96. The quantitative estimate of drug-likeness (QED) is 0.399. The van der Waals surface area contributed by atoms with Crippen LogP contribution in [0.1, 0.15) is 13.3 Å². The van der Waals surface area contributed by atoms with E-state index >= 15 is 0 Å². The smallest absolute Gasteiger partial charge is 0.308 e. The number of hydrogen-bond donors (Lipinski definition) is 0. The van der Waals surface area contributed by atoms with Crippen molar-refractivity contribution in [3.63, 3.8) is 0 Å². The van der Waals surface area contributed by atoms with E-state index in [1.165, 1.54) is 7.11 Å². The van der Waals surface area contributed by atoms with Gasteiger partial charge in [0.2, 0.25) is 0 Å². The van der Waals surface area contributed by atoms with Crippen molar-refractivity contribution in [1.29, 1.82) is 0 Å². The van der Waals surface area contributed by atoms with Gasteiger partial charge in [0.25, 0.3) is 0 Å². The molecule has 2 unspecified atom stereocenters. The van der Waals surface area contributed by atoms with E-state index in [0.717, 1.165) is 0 Å². The highest BCUT2D eigenvalue weighted by Gasteiger charge is 2.36. The number of ether oxygens (including phenoxy) is 2. The van der Waals surface area contributed by atoms with Gasteiger partial charge in [-0.2, -0.15) is 0 Å². The second-order valence-electron chi connectivity index (χ2n) is 2.16. The molecule has 0 aliphatic carbocycles. The van der Waals surface area contributed by atoms with Crippen LogP contribution in [0.4, 0.5) is 0 Å². The van der Waals surface area contributed by atoms with E-state index in [1.807, 2.05) is 6.92 Å². The minimum Gasteiger partial charge on any atom is -0.469 e. The lowest BCUT2D eigenvalue weighted by atomic mass is 10.2. The van der Waals surface area contributed by atoms with Crippen LogP contribution in [0.15, 0.2) is 0 Å². The first-order valence-corrected chi connectivity index (χ1v) is 2.96. The molecule has 1 fully saturated rings. The van der Waals surface area contributed by atoms with E-state index in [1.54, 1.807) is 0 Å². The maximum absolute atomic E-state index is 10.5. The van der Waals surface area contributed by atoms with Crippen LogP contribution in [-0.2, 0) is 14.3 Å². The summed E-state index contributed by atoms with van der Waals surface area (Å²) in [6.07, 6.45) is 0.777. The molecule has 52 valence electrons. The van der Waals surface area contributed by atoms with E-state index in [2.05, 4.69) is 4.74 Å². The molecule has 1 rings (SSSR count). The van der Waals surface area contributed by atoms with Gasteiger partial charge >= 0.3 is 5.97 Å². The molecule has 0 aromatic rings. The molecule has 1 aliphatic heterocycles. The Morgan fingerprint density at radius 1 is 1.78 bits per heavy atom. The molecule has 3 nitrogen and oxygen atoms in total. The zero-order valence-corrected chi connectivity index (χ0v) is 5.59. The Bertz CT molecular complexity index is 121. The van der Waals surface area contributed by atoms with Crippen molar-refractivity contribution < 1.29 is 14.3 Å². The minimum absolute atomic E-state index is 0.123. The Kier molecular flexibility index (Phi) is 1.71. The molecule has 0 N–H and O–H groups in total. The van der Waals surface area contributed by atoms with Crippen LogP contribution in [0, 0.1) is 0 Å².